The first kappa shape index (κ1) is 18.0. The van der Waals surface area contributed by atoms with E-state index in [2.05, 4.69) is 28.2 Å². The highest BCUT2D eigenvalue weighted by Gasteiger charge is 2.27. The van der Waals surface area contributed by atoms with Gasteiger partial charge in [0.05, 0.1) is 30.7 Å². The van der Waals surface area contributed by atoms with Crippen LogP contribution < -0.4 is 9.64 Å². The van der Waals surface area contributed by atoms with E-state index in [1.165, 1.54) is 0 Å². The summed E-state index contributed by atoms with van der Waals surface area (Å²) in [4.78, 5) is 16.7. The highest BCUT2D eigenvalue weighted by Crippen LogP contribution is 2.32. The summed E-state index contributed by atoms with van der Waals surface area (Å²) in [6.45, 7) is 4.22. The first-order chi connectivity index (χ1) is 13.7. The molecule has 7 heteroatoms. The standard InChI is InChI=1S/C21H23N5O2/c1-3-25-14-17(28-20-12-8-7-11-19(20)25)13-24(2)21(27)18-15-26(23-22-18)16-9-5-4-6-10-16/h4-12,15,17H,3,13-14H2,1-2H3/t17-/m1/s1. The van der Waals surface area contributed by atoms with Gasteiger partial charge in [0.15, 0.2) is 5.69 Å². The van der Waals surface area contributed by atoms with Crippen LogP contribution >= 0.6 is 0 Å². The largest absolute Gasteiger partial charge is 0.485 e. The molecule has 0 fully saturated rings. The summed E-state index contributed by atoms with van der Waals surface area (Å²) in [5, 5.41) is 8.12. The molecule has 0 aliphatic carbocycles. The number of benzene rings is 2. The van der Waals surface area contributed by atoms with E-state index in [1.807, 2.05) is 48.5 Å². The Kier molecular flexibility index (Phi) is 4.97. The number of aromatic nitrogens is 3. The average Bonchev–Trinajstić information content (AvgIpc) is 3.23. The van der Waals surface area contributed by atoms with E-state index in [0.29, 0.717) is 12.2 Å². The zero-order chi connectivity index (χ0) is 19.5. The zero-order valence-electron chi connectivity index (χ0n) is 16.0. The Morgan fingerprint density at radius 3 is 2.71 bits per heavy atom. The van der Waals surface area contributed by atoms with E-state index in [1.54, 1.807) is 22.8 Å². The molecule has 28 heavy (non-hydrogen) atoms. The molecule has 0 N–H and O–H groups in total. The summed E-state index contributed by atoms with van der Waals surface area (Å²) in [7, 11) is 1.77. The maximum atomic E-state index is 12.8. The van der Waals surface area contributed by atoms with Gasteiger partial charge in [-0.25, -0.2) is 4.68 Å². The minimum atomic E-state index is -0.173. The van der Waals surface area contributed by atoms with Crippen LogP contribution in [0, 0.1) is 0 Å². The van der Waals surface area contributed by atoms with E-state index in [-0.39, 0.29) is 12.0 Å². The molecule has 2 heterocycles. The topological polar surface area (TPSA) is 63.5 Å². The van der Waals surface area contributed by atoms with Crippen LogP contribution in [0.5, 0.6) is 5.75 Å². The lowest BCUT2D eigenvalue weighted by Gasteiger charge is -2.37. The normalized spacial score (nSPS) is 15.6. The third kappa shape index (κ3) is 3.55. The van der Waals surface area contributed by atoms with Gasteiger partial charge in [0, 0.05) is 13.6 Å². The van der Waals surface area contributed by atoms with Gasteiger partial charge in [0.2, 0.25) is 0 Å². The van der Waals surface area contributed by atoms with Crippen molar-refractivity contribution < 1.29 is 9.53 Å². The lowest BCUT2D eigenvalue weighted by Crippen LogP contribution is -2.46. The second kappa shape index (κ2) is 7.72. The number of ether oxygens (including phenoxy) is 1. The molecule has 1 atom stereocenters. The number of hydrogen-bond donors (Lipinski definition) is 0. The Morgan fingerprint density at radius 1 is 1.18 bits per heavy atom. The average molecular weight is 377 g/mol. The number of hydrogen-bond acceptors (Lipinski definition) is 5. The van der Waals surface area contributed by atoms with Crippen LogP contribution in [0.3, 0.4) is 0 Å². The summed E-state index contributed by atoms with van der Waals surface area (Å²) in [5.74, 6) is 0.684. The van der Waals surface area contributed by atoms with Crippen molar-refractivity contribution in [1.29, 1.82) is 0 Å². The number of fused-ring (bicyclic) bond motifs is 1. The molecule has 0 unspecified atom stereocenters. The molecule has 144 valence electrons. The summed E-state index contributed by atoms with van der Waals surface area (Å²) < 4.78 is 7.72. The maximum Gasteiger partial charge on any atom is 0.275 e. The number of carbonyl (C=O) groups excluding carboxylic acids is 1. The molecular weight excluding hydrogens is 354 g/mol. The third-order valence-corrected chi connectivity index (χ3v) is 4.86. The van der Waals surface area contributed by atoms with E-state index in [9.17, 15) is 4.79 Å². The van der Waals surface area contributed by atoms with E-state index in [4.69, 9.17) is 4.74 Å². The Labute approximate surface area is 164 Å². The van der Waals surface area contributed by atoms with Gasteiger partial charge in [0.25, 0.3) is 5.91 Å². The van der Waals surface area contributed by atoms with Gasteiger partial charge in [-0.1, -0.05) is 35.5 Å². The predicted octanol–water partition coefficient (Wildman–Crippen LogP) is 2.63. The van der Waals surface area contributed by atoms with E-state index >= 15 is 0 Å². The van der Waals surface area contributed by atoms with Gasteiger partial charge in [-0.2, -0.15) is 0 Å². The van der Waals surface area contributed by atoms with Gasteiger partial charge < -0.3 is 14.5 Å². The van der Waals surface area contributed by atoms with Crippen molar-refractivity contribution in [3.05, 3.63) is 66.5 Å². The van der Waals surface area contributed by atoms with Crippen molar-refractivity contribution in [2.24, 2.45) is 0 Å². The quantitative estimate of drug-likeness (QED) is 0.684. The van der Waals surface area contributed by atoms with Gasteiger partial charge in [0.1, 0.15) is 11.9 Å². The molecule has 7 nitrogen and oxygen atoms in total. The summed E-state index contributed by atoms with van der Waals surface area (Å²) in [6.07, 6.45) is 1.55. The fraction of sp³-hybridized carbons (Fsp3) is 0.286. The lowest BCUT2D eigenvalue weighted by molar-refractivity contribution is 0.0704. The molecule has 0 radical (unpaired) electrons. The number of amides is 1. The minimum absolute atomic E-state index is 0.104. The molecule has 1 aliphatic heterocycles. The number of carbonyl (C=O) groups is 1. The zero-order valence-corrected chi connectivity index (χ0v) is 16.0. The summed E-state index contributed by atoms with van der Waals surface area (Å²) in [5.41, 5.74) is 2.28. The van der Waals surface area contributed by atoms with Crippen LogP contribution in [-0.4, -0.2) is 58.6 Å². The van der Waals surface area contributed by atoms with Crippen molar-refractivity contribution in [2.45, 2.75) is 13.0 Å². The fourth-order valence-corrected chi connectivity index (χ4v) is 3.43. The predicted molar refractivity (Wildman–Crippen MR) is 107 cm³/mol. The highest BCUT2D eigenvalue weighted by molar-refractivity contribution is 5.91. The fourth-order valence-electron chi connectivity index (χ4n) is 3.43. The molecule has 0 saturated carbocycles. The third-order valence-electron chi connectivity index (χ3n) is 4.86. The van der Waals surface area contributed by atoms with Gasteiger partial charge in [-0.3, -0.25) is 4.79 Å². The molecule has 1 aliphatic rings. The van der Waals surface area contributed by atoms with E-state index < -0.39 is 0 Å². The number of para-hydroxylation sites is 3. The lowest BCUT2D eigenvalue weighted by atomic mass is 10.2. The van der Waals surface area contributed by atoms with E-state index in [0.717, 1.165) is 30.2 Å². The SMILES string of the molecule is CCN1C[C@@H](CN(C)C(=O)c2cn(-c3ccccc3)nn2)Oc2ccccc21. The number of rotatable bonds is 5. The van der Waals surface area contributed by atoms with Gasteiger partial charge in [-0.15, -0.1) is 5.10 Å². The molecule has 1 amide bonds. The maximum absolute atomic E-state index is 12.8. The number of likely N-dealkylation sites (N-methyl/N-ethyl adjacent to an activating group) is 2. The number of anilines is 1. The Balaban J connectivity index is 1.45. The number of nitrogens with zero attached hydrogens (tertiary/aromatic N) is 5. The molecular formula is C21H23N5O2. The van der Waals surface area contributed by atoms with Crippen LogP contribution in [0.4, 0.5) is 5.69 Å². The van der Waals surface area contributed by atoms with Gasteiger partial charge >= 0.3 is 0 Å². The van der Waals surface area contributed by atoms with Crippen molar-refractivity contribution >= 4 is 11.6 Å². The summed E-state index contributed by atoms with van der Waals surface area (Å²) >= 11 is 0. The molecule has 0 saturated heterocycles. The minimum Gasteiger partial charge on any atom is -0.485 e. The van der Waals surface area contributed by atoms with Crippen molar-refractivity contribution in [1.82, 2.24) is 19.9 Å². The second-order valence-corrected chi connectivity index (χ2v) is 6.82. The molecule has 3 aromatic rings. The molecule has 2 aromatic carbocycles. The molecule has 1 aromatic heterocycles. The van der Waals surface area contributed by atoms with Crippen LogP contribution in [-0.2, 0) is 0 Å². The van der Waals surface area contributed by atoms with Crippen molar-refractivity contribution in [3.8, 4) is 11.4 Å². The van der Waals surface area contributed by atoms with Crippen LogP contribution in [0.2, 0.25) is 0 Å². The monoisotopic (exact) mass is 377 g/mol. The van der Waals surface area contributed by atoms with Crippen molar-refractivity contribution in [3.63, 3.8) is 0 Å². The summed E-state index contributed by atoms with van der Waals surface area (Å²) in [6, 6.07) is 17.6. The first-order valence-electron chi connectivity index (χ1n) is 9.39. The Hall–Kier alpha value is -3.35. The highest BCUT2D eigenvalue weighted by atomic mass is 16.5. The first-order valence-corrected chi connectivity index (χ1v) is 9.39. The molecule has 0 spiro atoms. The van der Waals surface area contributed by atoms with Crippen LogP contribution in [0.25, 0.3) is 5.69 Å². The second-order valence-electron chi connectivity index (χ2n) is 6.82. The van der Waals surface area contributed by atoms with Crippen molar-refractivity contribution in [2.75, 3.05) is 31.6 Å². The smallest absolute Gasteiger partial charge is 0.275 e. The Bertz CT molecular complexity index is 956. The Morgan fingerprint density at radius 2 is 1.93 bits per heavy atom. The van der Waals surface area contributed by atoms with Gasteiger partial charge in [-0.05, 0) is 31.2 Å². The van der Waals surface area contributed by atoms with Crippen LogP contribution in [0.15, 0.2) is 60.8 Å². The molecule has 0 bridgehead atoms. The van der Waals surface area contributed by atoms with Crippen LogP contribution in [0.1, 0.15) is 17.4 Å². The molecule has 4 rings (SSSR count).